The van der Waals surface area contributed by atoms with Gasteiger partial charge in [0, 0.05) is 24.8 Å². The molecule has 32 heavy (non-hydrogen) atoms. The molecule has 1 amide bonds. The molecule has 0 atom stereocenters. The highest BCUT2D eigenvalue weighted by Crippen LogP contribution is 2.19. The number of piperidine rings is 1. The molecule has 4 rings (SSSR count). The van der Waals surface area contributed by atoms with Gasteiger partial charge in [0.15, 0.2) is 5.69 Å². The average Bonchev–Trinajstić information content (AvgIpc) is 2.80. The van der Waals surface area contributed by atoms with Gasteiger partial charge in [0.05, 0.1) is 5.69 Å². The van der Waals surface area contributed by atoms with Gasteiger partial charge < -0.3 is 5.32 Å². The van der Waals surface area contributed by atoms with E-state index < -0.39 is 5.91 Å². The summed E-state index contributed by atoms with van der Waals surface area (Å²) in [6.07, 6.45) is 2.46. The van der Waals surface area contributed by atoms with Crippen molar-refractivity contribution < 1.29 is 4.79 Å². The molecule has 0 bridgehead atoms. The summed E-state index contributed by atoms with van der Waals surface area (Å²) < 4.78 is 1.63. The Morgan fingerprint density at radius 2 is 1.69 bits per heavy atom. The van der Waals surface area contributed by atoms with Crippen LogP contribution in [0.5, 0.6) is 0 Å². The SMILES string of the molecule is Cc1cc(=O)c(C(=O)NCc2ccccc2CN2CCC(C)CC2)nn1-c1ccccc1. The Bertz CT molecular complexity index is 1130. The monoisotopic (exact) mass is 430 g/mol. The van der Waals surface area contributed by atoms with E-state index in [0.717, 1.165) is 36.8 Å². The smallest absolute Gasteiger partial charge is 0.276 e. The third kappa shape index (κ3) is 5.14. The Kier molecular flexibility index (Phi) is 6.81. The van der Waals surface area contributed by atoms with Crippen LogP contribution < -0.4 is 10.7 Å². The summed E-state index contributed by atoms with van der Waals surface area (Å²) in [4.78, 5) is 27.8. The largest absolute Gasteiger partial charge is 0.346 e. The van der Waals surface area contributed by atoms with Crippen molar-refractivity contribution in [2.24, 2.45) is 5.92 Å². The highest BCUT2D eigenvalue weighted by molar-refractivity contribution is 5.92. The van der Waals surface area contributed by atoms with Gasteiger partial charge in [0.25, 0.3) is 5.91 Å². The quantitative estimate of drug-likeness (QED) is 0.648. The number of aryl methyl sites for hydroxylation is 1. The number of amides is 1. The van der Waals surface area contributed by atoms with Crippen LogP contribution in [0, 0.1) is 12.8 Å². The zero-order valence-electron chi connectivity index (χ0n) is 18.8. The van der Waals surface area contributed by atoms with Gasteiger partial charge in [-0.1, -0.05) is 49.4 Å². The Morgan fingerprint density at radius 1 is 1.03 bits per heavy atom. The lowest BCUT2D eigenvalue weighted by Crippen LogP contribution is -2.34. The first-order valence-corrected chi connectivity index (χ1v) is 11.2. The van der Waals surface area contributed by atoms with Crippen LogP contribution in [0.25, 0.3) is 5.69 Å². The van der Waals surface area contributed by atoms with Crippen molar-refractivity contribution in [1.82, 2.24) is 20.0 Å². The molecule has 1 aliphatic heterocycles. The number of hydrogen-bond acceptors (Lipinski definition) is 4. The Labute approximate surface area is 188 Å². The van der Waals surface area contributed by atoms with Gasteiger partial charge >= 0.3 is 0 Å². The molecule has 1 aromatic heterocycles. The number of carbonyl (C=O) groups excluding carboxylic acids is 1. The van der Waals surface area contributed by atoms with Gasteiger partial charge in [-0.2, -0.15) is 5.10 Å². The van der Waals surface area contributed by atoms with Gasteiger partial charge in [-0.05, 0) is 62.0 Å². The fraction of sp³-hybridized carbons (Fsp3) is 0.346. The van der Waals surface area contributed by atoms with E-state index in [1.165, 1.54) is 24.5 Å². The molecule has 0 aliphatic carbocycles. The summed E-state index contributed by atoms with van der Waals surface area (Å²) in [5.74, 6) is 0.337. The maximum absolute atomic E-state index is 12.9. The van der Waals surface area contributed by atoms with E-state index in [1.54, 1.807) is 11.6 Å². The zero-order chi connectivity index (χ0) is 22.5. The van der Waals surface area contributed by atoms with E-state index in [1.807, 2.05) is 48.5 Å². The van der Waals surface area contributed by atoms with Crippen LogP contribution in [0.2, 0.25) is 0 Å². The lowest BCUT2D eigenvalue weighted by molar-refractivity contribution is 0.0942. The molecule has 3 aromatic rings. The summed E-state index contributed by atoms with van der Waals surface area (Å²) in [6, 6.07) is 19.1. The number of nitrogens with zero attached hydrogens (tertiary/aromatic N) is 3. The van der Waals surface area contributed by atoms with E-state index >= 15 is 0 Å². The van der Waals surface area contributed by atoms with Crippen LogP contribution in [0.1, 0.15) is 47.1 Å². The van der Waals surface area contributed by atoms with E-state index in [9.17, 15) is 9.59 Å². The minimum atomic E-state index is -0.457. The third-order valence-electron chi connectivity index (χ3n) is 6.15. The summed E-state index contributed by atoms with van der Waals surface area (Å²) >= 11 is 0. The predicted molar refractivity (Wildman–Crippen MR) is 126 cm³/mol. The second-order valence-corrected chi connectivity index (χ2v) is 8.66. The number of rotatable bonds is 6. The molecule has 6 heteroatoms. The normalized spacial score (nSPS) is 14.9. The second-order valence-electron chi connectivity index (χ2n) is 8.66. The van der Waals surface area contributed by atoms with Crippen LogP contribution in [0.3, 0.4) is 0 Å². The molecule has 0 radical (unpaired) electrons. The minimum absolute atomic E-state index is 0.0954. The molecule has 6 nitrogen and oxygen atoms in total. The van der Waals surface area contributed by atoms with Crippen molar-refractivity contribution in [3.05, 3.63) is 93.4 Å². The number of para-hydroxylation sites is 1. The first-order valence-electron chi connectivity index (χ1n) is 11.2. The van der Waals surface area contributed by atoms with Crippen molar-refractivity contribution >= 4 is 5.91 Å². The molecule has 2 heterocycles. The van der Waals surface area contributed by atoms with Crippen molar-refractivity contribution in [3.63, 3.8) is 0 Å². The molecule has 1 fully saturated rings. The number of hydrogen-bond donors (Lipinski definition) is 1. The van der Waals surface area contributed by atoms with Crippen molar-refractivity contribution in [2.45, 2.75) is 39.8 Å². The Hall–Kier alpha value is -3.25. The Balaban J connectivity index is 1.48. The van der Waals surface area contributed by atoms with Gasteiger partial charge in [-0.15, -0.1) is 0 Å². The zero-order valence-corrected chi connectivity index (χ0v) is 18.8. The van der Waals surface area contributed by atoms with Crippen LogP contribution in [0.4, 0.5) is 0 Å². The molecular weight excluding hydrogens is 400 g/mol. The van der Waals surface area contributed by atoms with Crippen molar-refractivity contribution in [3.8, 4) is 5.69 Å². The van der Waals surface area contributed by atoms with Gasteiger partial charge in [-0.3, -0.25) is 14.5 Å². The van der Waals surface area contributed by atoms with Crippen LogP contribution in [0.15, 0.2) is 65.5 Å². The maximum atomic E-state index is 12.9. The molecular formula is C26H30N4O2. The molecule has 1 N–H and O–H groups in total. The summed E-state index contributed by atoms with van der Waals surface area (Å²) in [6.45, 7) is 7.57. The standard InChI is InChI=1S/C26H30N4O2/c1-19-12-14-29(15-13-19)18-22-9-7-6-8-21(22)17-27-26(32)25-24(31)16-20(2)30(28-25)23-10-4-3-5-11-23/h3-11,16,19H,12-15,17-18H2,1-2H3,(H,27,32). The molecule has 0 saturated carbocycles. The highest BCUT2D eigenvalue weighted by atomic mass is 16.2. The van der Waals surface area contributed by atoms with Crippen molar-refractivity contribution in [1.29, 1.82) is 0 Å². The average molecular weight is 431 g/mol. The lowest BCUT2D eigenvalue weighted by Gasteiger charge is -2.30. The topological polar surface area (TPSA) is 67.2 Å². The molecule has 0 spiro atoms. The van der Waals surface area contributed by atoms with Gasteiger partial charge in [0.2, 0.25) is 5.43 Å². The number of likely N-dealkylation sites (tertiary alicyclic amines) is 1. The van der Waals surface area contributed by atoms with Crippen LogP contribution >= 0.6 is 0 Å². The van der Waals surface area contributed by atoms with E-state index in [2.05, 4.69) is 28.3 Å². The third-order valence-corrected chi connectivity index (χ3v) is 6.15. The molecule has 1 aliphatic rings. The molecule has 1 saturated heterocycles. The van der Waals surface area contributed by atoms with E-state index in [4.69, 9.17) is 0 Å². The van der Waals surface area contributed by atoms with Crippen LogP contribution in [-0.2, 0) is 13.1 Å². The number of aromatic nitrogens is 2. The second kappa shape index (κ2) is 9.92. The molecule has 166 valence electrons. The summed E-state index contributed by atoms with van der Waals surface area (Å²) in [5, 5.41) is 7.27. The number of benzene rings is 2. The maximum Gasteiger partial charge on any atom is 0.276 e. The number of nitrogens with one attached hydrogen (secondary N) is 1. The Morgan fingerprint density at radius 3 is 2.41 bits per heavy atom. The van der Waals surface area contributed by atoms with Gasteiger partial charge in [0.1, 0.15) is 0 Å². The highest BCUT2D eigenvalue weighted by Gasteiger charge is 2.18. The van der Waals surface area contributed by atoms with Crippen LogP contribution in [-0.4, -0.2) is 33.7 Å². The first kappa shape index (κ1) is 22.0. The predicted octanol–water partition coefficient (Wildman–Crippen LogP) is 3.70. The lowest BCUT2D eigenvalue weighted by atomic mass is 9.98. The van der Waals surface area contributed by atoms with Gasteiger partial charge in [-0.25, -0.2) is 4.68 Å². The van der Waals surface area contributed by atoms with Crippen molar-refractivity contribution in [2.75, 3.05) is 13.1 Å². The molecule has 0 unspecified atom stereocenters. The van der Waals surface area contributed by atoms with E-state index in [0.29, 0.717) is 12.2 Å². The molecule has 2 aromatic carbocycles. The summed E-state index contributed by atoms with van der Waals surface area (Å²) in [5.41, 5.74) is 3.29. The van der Waals surface area contributed by atoms with E-state index in [-0.39, 0.29) is 11.1 Å². The fourth-order valence-electron chi connectivity index (χ4n) is 4.14. The number of carbonyl (C=O) groups is 1. The fourth-order valence-corrected chi connectivity index (χ4v) is 4.14. The summed E-state index contributed by atoms with van der Waals surface area (Å²) in [7, 11) is 0. The minimum Gasteiger partial charge on any atom is -0.346 e. The first-order chi connectivity index (χ1) is 15.5.